The molecule has 1 amide bonds. The third kappa shape index (κ3) is 5.94. The van der Waals surface area contributed by atoms with Gasteiger partial charge in [-0.3, -0.25) is 15.1 Å². The Bertz CT molecular complexity index is 1390. The summed E-state index contributed by atoms with van der Waals surface area (Å²) in [5.74, 6) is 7.72. The minimum atomic E-state index is -1.23. The average molecular weight is 541 g/mol. The molecule has 1 saturated carbocycles. The molecule has 1 spiro atoms. The molecule has 3 unspecified atom stereocenters. The van der Waals surface area contributed by atoms with Crippen LogP contribution in [-0.2, 0) is 27.9 Å². The van der Waals surface area contributed by atoms with Crippen molar-refractivity contribution in [2.45, 2.75) is 84.3 Å². The van der Waals surface area contributed by atoms with Crippen molar-refractivity contribution < 1.29 is 19.1 Å². The number of amides is 1. The van der Waals surface area contributed by atoms with Gasteiger partial charge in [-0.05, 0) is 82.2 Å². The first kappa shape index (κ1) is 28.0. The van der Waals surface area contributed by atoms with Crippen LogP contribution in [0.2, 0.25) is 0 Å². The zero-order valence-electron chi connectivity index (χ0n) is 24.3. The number of hydrogen-bond donors (Lipinski definition) is 1. The van der Waals surface area contributed by atoms with E-state index in [0.29, 0.717) is 43.4 Å². The molecule has 0 saturated heterocycles. The van der Waals surface area contributed by atoms with E-state index in [0.717, 1.165) is 30.4 Å². The van der Waals surface area contributed by atoms with Gasteiger partial charge in [0.2, 0.25) is 0 Å². The number of carbonyl (C=O) groups excluding carboxylic acids is 2. The van der Waals surface area contributed by atoms with E-state index in [-0.39, 0.29) is 17.6 Å². The number of ether oxygens (including phenoxy) is 2. The van der Waals surface area contributed by atoms with Crippen molar-refractivity contribution in [3.8, 4) is 17.6 Å². The Balaban J connectivity index is 1.67. The Labute approximate surface area is 237 Å². The van der Waals surface area contributed by atoms with E-state index in [2.05, 4.69) is 29.3 Å². The van der Waals surface area contributed by atoms with Gasteiger partial charge < -0.3 is 9.47 Å². The van der Waals surface area contributed by atoms with Gasteiger partial charge in [0.25, 0.3) is 0 Å². The van der Waals surface area contributed by atoms with Crippen molar-refractivity contribution in [2.75, 3.05) is 6.61 Å². The third-order valence-electron chi connectivity index (χ3n) is 8.09. The number of benzene rings is 2. The largest absolute Gasteiger partial charge is 0.493 e. The topological polar surface area (TPSA) is 77.0 Å². The Morgan fingerprint density at radius 1 is 1.15 bits per heavy atom. The summed E-state index contributed by atoms with van der Waals surface area (Å²) in [6.45, 7) is 9.95. The first-order valence-electron chi connectivity index (χ1n) is 14.6. The molecule has 0 aromatic heterocycles. The highest BCUT2D eigenvalue weighted by Gasteiger charge is 2.51. The molecular formula is C34H40N2O4. The minimum absolute atomic E-state index is 0.0624. The molecule has 5 rings (SSSR count). The zero-order chi connectivity index (χ0) is 28.5. The summed E-state index contributed by atoms with van der Waals surface area (Å²) in [4.78, 5) is 32.7. The lowest BCUT2D eigenvalue weighted by molar-refractivity contribution is -0.130. The van der Waals surface area contributed by atoms with E-state index in [1.165, 1.54) is 11.1 Å². The van der Waals surface area contributed by atoms with Gasteiger partial charge in [0.15, 0.2) is 5.78 Å². The molecule has 3 aliphatic rings. The molecule has 0 radical (unpaired) electrons. The summed E-state index contributed by atoms with van der Waals surface area (Å²) < 4.78 is 12.0. The Morgan fingerprint density at radius 3 is 2.55 bits per heavy atom. The van der Waals surface area contributed by atoms with E-state index in [1.807, 2.05) is 65.0 Å². The maximum Gasteiger partial charge on any atom is 0.413 e. The second-order valence-electron chi connectivity index (χ2n) is 12.3. The summed E-state index contributed by atoms with van der Waals surface area (Å²) in [6, 6.07) is 14.2. The third-order valence-corrected chi connectivity index (χ3v) is 8.09. The molecule has 0 bridgehead atoms. The van der Waals surface area contributed by atoms with Gasteiger partial charge in [0.05, 0.1) is 6.61 Å². The number of ketones is 1. The highest BCUT2D eigenvalue weighted by Crippen LogP contribution is 2.46. The van der Waals surface area contributed by atoms with Crippen molar-refractivity contribution in [3.63, 3.8) is 0 Å². The standard InChI is InChI=1S/C34H40N2O4/c1-6-27-22(2)31(35-32(38)40-33(3,4)5)36-34(30(27)37)19-17-25-9-7-8-10-26(25)18-20-39-29-16-15-24(21-28(29)34)14-13-23-11-12-23/h7-10,15-16,21-23,27H,6,11-12,17-20H2,1-5H3,(H,35,36,38). The lowest BCUT2D eigenvalue weighted by Gasteiger charge is -2.41. The maximum atomic E-state index is 14.6. The number of nitrogens with one attached hydrogen (secondary N) is 1. The quantitative estimate of drug-likeness (QED) is 0.426. The van der Waals surface area contributed by atoms with Crippen LogP contribution < -0.4 is 10.1 Å². The van der Waals surface area contributed by atoms with Crippen LogP contribution in [0.25, 0.3) is 0 Å². The summed E-state index contributed by atoms with van der Waals surface area (Å²) in [6.07, 6.45) is 4.26. The first-order chi connectivity index (χ1) is 19.1. The molecule has 2 aliphatic heterocycles. The molecule has 1 N–H and O–H groups in total. The number of nitrogens with zero attached hydrogens (tertiary/aromatic N) is 1. The van der Waals surface area contributed by atoms with E-state index in [4.69, 9.17) is 14.5 Å². The predicted octanol–water partition coefficient (Wildman–Crippen LogP) is 6.38. The fraction of sp³-hybridized carbons (Fsp3) is 0.500. The van der Waals surface area contributed by atoms with Gasteiger partial charge in [-0.15, -0.1) is 0 Å². The van der Waals surface area contributed by atoms with Crippen LogP contribution in [0.3, 0.4) is 0 Å². The van der Waals surface area contributed by atoms with E-state index in [9.17, 15) is 9.59 Å². The number of carbonyl (C=O) groups is 2. The van der Waals surface area contributed by atoms with Crippen LogP contribution in [0.1, 0.15) is 82.6 Å². The van der Waals surface area contributed by atoms with Gasteiger partial charge >= 0.3 is 6.09 Å². The molecule has 1 aliphatic carbocycles. The Morgan fingerprint density at radius 2 is 1.88 bits per heavy atom. The van der Waals surface area contributed by atoms with Crippen LogP contribution in [0.5, 0.6) is 5.75 Å². The SMILES string of the molecule is CCC1C(=O)C2(CCc3ccccc3CCOc3ccc(C#CC4CC4)cc32)N=C(NC(=O)OC(C)(C)C)C1C. The number of fused-ring (bicyclic) bond motifs is 3. The smallest absolute Gasteiger partial charge is 0.413 e. The molecule has 1 fully saturated rings. The fourth-order valence-corrected chi connectivity index (χ4v) is 5.78. The lowest BCUT2D eigenvalue weighted by atomic mass is 9.69. The maximum absolute atomic E-state index is 14.6. The highest BCUT2D eigenvalue weighted by atomic mass is 16.6. The van der Waals surface area contributed by atoms with Crippen molar-refractivity contribution in [2.24, 2.45) is 22.7 Å². The van der Waals surface area contributed by atoms with Gasteiger partial charge in [0.1, 0.15) is 22.7 Å². The van der Waals surface area contributed by atoms with Gasteiger partial charge in [-0.1, -0.05) is 50.0 Å². The molecule has 2 aromatic rings. The number of hydrogen-bond acceptors (Lipinski definition) is 5. The number of aryl methyl sites for hydroxylation is 1. The molecule has 2 aromatic carbocycles. The summed E-state index contributed by atoms with van der Waals surface area (Å²) >= 11 is 0. The number of alkyl carbamates (subject to hydrolysis) is 1. The summed E-state index contributed by atoms with van der Waals surface area (Å²) in [5, 5.41) is 2.93. The van der Waals surface area contributed by atoms with Crippen molar-refractivity contribution in [1.29, 1.82) is 0 Å². The van der Waals surface area contributed by atoms with Crippen LogP contribution in [0, 0.1) is 29.6 Å². The van der Waals surface area contributed by atoms with Gasteiger partial charge in [0, 0.05) is 35.3 Å². The fourth-order valence-electron chi connectivity index (χ4n) is 5.78. The second-order valence-corrected chi connectivity index (χ2v) is 12.3. The second kappa shape index (κ2) is 11.1. The zero-order valence-corrected chi connectivity index (χ0v) is 24.3. The molecule has 6 nitrogen and oxygen atoms in total. The van der Waals surface area contributed by atoms with Crippen molar-refractivity contribution in [1.82, 2.24) is 5.32 Å². The van der Waals surface area contributed by atoms with Gasteiger partial charge in [-0.25, -0.2) is 4.79 Å². The molecule has 2 heterocycles. The average Bonchev–Trinajstić information content (AvgIpc) is 3.73. The van der Waals surface area contributed by atoms with E-state index in [1.54, 1.807) is 0 Å². The van der Waals surface area contributed by atoms with Crippen molar-refractivity contribution >= 4 is 17.7 Å². The molecule has 6 heteroatoms. The first-order valence-corrected chi connectivity index (χ1v) is 14.6. The normalized spacial score (nSPS) is 24.4. The predicted molar refractivity (Wildman–Crippen MR) is 156 cm³/mol. The number of Topliss-reactive ketones (excluding diaryl/α,β-unsaturated/α-hetero) is 1. The lowest BCUT2D eigenvalue weighted by Crippen LogP contribution is -2.52. The monoisotopic (exact) mass is 540 g/mol. The number of amidine groups is 1. The number of rotatable bonds is 1. The van der Waals surface area contributed by atoms with Crippen molar-refractivity contribution in [3.05, 3.63) is 64.7 Å². The minimum Gasteiger partial charge on any atom is -0.493 e. The Kier molecular flexibility index (Phi) is 7.77. The number of aliphatic imine (C=N–C) groups is 1. The van der Waals surface area contributed by atoms with Crippen LogP contribution in [0.4, 0.5) is 4.79 Å². The van der Waals surface area contributed by atoms with Crippen LogP contribution in [-0.4, -0.2) is 29.9 Å². The molecular weight excluding hydrogens is 500 g/mol. The molecule has 40 heavy (non-hydrogen) atoms. The molecule has 210 valence electrons. The van der Waals surface area contributed by atoms with Crippen LogP contribution >= 0.6 is 0 Å². The van der Waals surface area contributed by atoms with Gasteiger partial charge in [-0.2, -0.15) is 0 Å². The van der Waals surface area contributed by atoms with E-state index >= 15 is 0 Å². The molecule has 3 atom stereocenters. The Hall–Kier alpha value is -3.59. The van der Waals surface area contributed by atoms with Crippen LogP contribution in [0.15, 0.2) is 47.5 Å². The highest BCUT2D eigenvalue weighted by molar-refractivity contribution is 6.06. The summed E-state index contributed by atoms with van der Waals surface area (Å²) in [5.41, 5.74) is 2.10. The van der Waals surface area contributed by atoms with E-state index < -0.39 is 17.2 Å². The summed E-state index contributed by atoms with van der Waals surface area (Å²) in [7, 11) is 0.